The normalized spacial score (nSPS) is 18.4. The van der Waals surface area contributed by atoms with Crippen LogP contribution in [0.1, 0.15) is 13.0 Å². The quantitative estimate of drug-likeness (QED) is 0.919. The Morgan fingerprint density at radius 3 is 2.92 bits per heavy atom. The summed E-state index contributed by atoms with van der Waals surface area (Å²) in [7, 11) is 0. The van der Waals surface area contributed by atoms with Crippen molar-refractivity contribution in [2.45, 2.75) is 19.0 Å². The fourth-order valence-corrected chi connectivity index (χ4v) is 3.69. The first-order valence-electron chi connectivity index (χ1n) is 7.49. The summed E-state index contributed by atoms with van der Waals surface area (Å²) in [4.78, 5) is 30.6. The van der Waals surface area contributed by atoms with Gasteiger partial charge in [0.25, 0.3) is 0 Å². The monoisotopic (exact) mass is 348 g/mol. The molecule has 2 heterocycles. The maximum atomic E-state index is 13.7. The first-order chi connectivity index (χ1) is 11.6. The Balaban J connectivity index is 1.72. The van der Waals surface area contributed by atoms with Gasteiger partial charge < -0.3 is 14.8 Å². The highest BCUT2D eigenvalue weighted by atomic mass is 32.2. The highest BCUT2D eigenvalue weighted by Gasteiger charge is 2.37. The van der Waals surface area contributed by atoms with Crippen LogP contribution in [0.5, 0.6) is 0 Å². The number of nitrogens with zero attached hydrogens (tertiary/aromatic N) is 3. The third kappa shape index (κ3) is 3.28. The summed E-state index contributed by atoms with van der Waals surface area (Å²) in [5.74, 6) is -0.111. The lowest BCUT2D eigenvalue weighted by Gasteiger charge is -2.26. The number of nitrogens with one attached hydrogen (secondary N) is 1. The van der Waals surface area contributed by atoms with Gasteiger partial charge in [0, 0.05) is 18.1 Å². The molecule has 3 rings (SSSR count). The average Bonchev–Trinajstić information content (AvgIpc) is 3.27. The lowest BCUT2D eigenvalue weighted by atomic mass is 10.2. The minimum atomic E-state index is -0.618. The Labute approximate surface area is 143 Å². The van der Waals surface area contributed by atoms with Crippen LogP contribution in [0.4, 0.5) is 10.1 Å². The molecule has 8 heteroatoms. The maximum Gasteiger partial charge on any atom is 0.248 e. The molecule has 126 valence electrons. The van der Waals surface area contributed by atoms with Gasteiger partial charge in [0.1, 0.15) is 17.9 Å². The minimum absolute atomic E-state index is 0.120. The fourth-order valence-electron chi connectivity index (χ4n) is 2.52. The number of amides is 2. The van der Waals surface area contributed by atoms with E-state index in [1.807, 2.05) is 0 Å². The van der Waals surface area contributed by atoms with E-state index in [1.165, 1.54) is 28.8 Å². The molecule has 0 radical (unpaired) electrons. The number of benzene rings is 1. The van der Waals surface area contributed by atoms with Crippen LogP contribution in [0.2, 0.25) is 0 Å². The van der Waals surface area contributed by atoms with Gasteiger partial charge in [-0.2, -0.15) is 0 Å². The number of rotatable bonds is 4. The second-order valence-corrected chi connectivity index (χ2v) is 6.48. The molecule has 2 atom stereocenters. The molecular formula is C16H17FN4O2S. The van der Waals surface area contributed by atoms with Crippen LogP contribution >= 0.6 is 11.8 Å². The van der Waals surface area contributed by atoms with Gasteiger partial charge in [-0.3, -0.25) is 9.59 Å². The molecule has 1 saturated heterocycles. The third-order valence-corrected chi connectivity index (χ3v) is 4.94. The van der Waals surface area contributed by atoms with Crippen molar-refractivity contribution in [2.75, 3.05) is 16.9 Å². The van der Waals surface area contributed by atoms with Gasteiger partial charge in [-0.25, -0.2) is 9.37 Å². The second-order valence-electron chi connectivity index (χ2n) is 5.48. The zero-order valence-electron chi connectivity index (χ0n) is 13.1. The standard InChI is InChI=1S/C16H17FN4O2S/c1-11(20-7-6-18-9-20)16(23)21-10-24-8-14(21)15(22)19-13-5-3-2-4-12(13)17/h2-7,9,11,14H,8,10H2,1H3,(H,19,22)/t11-,14+/m0/s1. The van der Waals surface area contributed by atoms with Crippen molar-refractivity contribution >= 4 is 29.3 Å². The van der Waals surface area contributed by atoms with Gasteiger partial charge in [-0.15, -0.1) is 11.8 Å². The molecule has 2 aromatic rings. The molecule has 1 aliphatic heterocycles. The number of halogens is 1. The largest absolute Gasteiger partial charge is 0.325 e. The average molecular weight is 348 g/mol. The van der Waals surface area contributed by atoms with E-state index in [0.717, 1.165) is 0 Å². The molecule has 24 heavy (non-hydrogen) atoms. The molecule has 1 aliphatic rings. The predicted molar refractivity (Wildman–Crippen MR) is 89.9 cm³/mol. The van der Waals surface area contributed by atoms with Crippen LogP contribution in [-0.2, 0) is 9.59 Å². The second kappa shape index (κ2) is 7.04. The van der Waals surface area contributed by atoms with Gasteiger partial charge >= 0.3 is 0 Å². The van der Waals surface area contributed by atoms with E-state index in [4.69, 9.17) is 0 Å². The maximum absolute atomic E-state index is 13.7. The van der Waals surface area contributed by atoms with E-state index in [9.17, 15) is 14.0 Å². The zero-order chi connectivity index (χ0) is 17.1. The molecule has 0 aliphatic carbocycles. The van der Waals surface area contributed by atoms with Crippen molar-refractivity contribution < 1.29 is 14.0 Å². The third-order valence-electron chi connectivity index (χ3n) is 3.93. The Bertz CT molecular complexity index is 737. The van der Waals surface area contributed by atoms with Crippen LogP contribution in [0, 0.1) is 5.82 Å². The smallest absolute Gasteiger partial charge is 0.248 e. The summed E-state index contributed by atoms with van der Waals surface area (Å²) in [6.45, 7) is 1.76. The number of para-hydroxylation sites is 1. The number of carbonyl (C=O) groups excluding carboxylic acids is 2. The number of anilines is 1. The number of imidazole rings is 1. The van der Waals surface area contributed by atoms with Crippen LogP contribution < -0.4 is 5.32 Å². The van der Waals surface area contributed by atoms with E-state index in [0.29, 0.717) is 11.6 Å². The SMILES string of the molecule is C[C@@H](C(=O)N1CSC[C@@H]1C(=O)Nc1ccccc1F)n1ccnc1. The van der Waals surface area contributed by atoms with Crippen molar-refractivity contribution in [2.24, 2.45) is 0 Å². The van der Waals surface area contributed by atoms with Crippen molar-refractivity contribution in [1.29, 1.82) is 0 Å². The fraction of sp³-hybridized carbons (Fsp3) is 0.312. The number of hydrogen-bond donors (Lipinski definition) is 1. The van der Waals surface area contributed by atoms with Gasteiger partial charge in [-0.05, 0) is 19.1 Å². The van der Waals surface area contributed by atoms with Crippen molar-refractivity contribution in [3.8, 4) is 0 Å². The summed E-state index contributed by atoms with van der Waals surface area (Å²) in [6.07, 6.45) is 4.88. The lowest BCUT2D eigenvalue weighted by Crippen LogP contribution is -2.46. The molecule has 1 fully saturated rings. The van der Waals surface area contributed by atoms with Crippen LogP contribution in [-0.4, -0.2) is 43.9 Å². The predicted octanol–water partition coefficient (Wildman–Crippen LogP) is 2.12. The molecule has 0 spiro atoms. The topological polar surface area (TPSA) is 67.2 Å². The van der Waals surface area contributed by atoms with Crippen LogP contribution in [0.25, 0.3) is 0 Å². The Morgan fingerprint density at radius 2 is 2.21 bits per heavy atom. The molecule has 0 saturated carbocycles. The molecular weight excluding hydrogens is 331 g/mol. The molecule has 0 bridgehead atoms. The Hall–Kier alpha value is -2.35. The lowest BCUT2D eigenvalue weighted by molar-refractivity contribution is -0.138. The molecule has 0 unspecified atom stereocenters. The van der Waals surface area contributed by atoms with Crippen molar-refractivity contribution in [1.82, 2.24) is 14.5 Å². The molecule has 6 nitrogen and oxygen atoms in total. The molecule has 1 aromatic carbocycles. The summed E-state index contributed by atoms with van der Waals surface area (Å²) in [5, 5.41) is 2.57. The van der Waals surface area contributed by atoms with Crippen LogP contribution in [0.3, 0.4) is 0 Å². The van der Waals surface area contributed by atoms with Gasteiger partial charge in [0.15, 0.2) is 0 Å². The first-order valence-corrected chi connectivity index (χ1v) is 8.64. The van der Waals surface area contributed by atoms with Crippen molar-refractivity contribution in [3.63, 3.8) is 0 Å². The van der Waals surface area contributed by atoms with Gasteiger partial charge in [0.05, 0.1) is 17.9 Å². The Kier molecular flexibility index (Phi) is 4.84. The summed E-state index contributed by atoms with van der Waals surface area (Å²) >= 11 is 1.50. The first kappa shape index (κ1) is 16.5. The Morgan fingerprint density at radius 1 is 1.42 bits per heavy atom. The number of hydrogen-bond acceptors (Lipinski definition) is 4. The summed E-state index contributed by atoms with van der Waals surface area (Å²) in [6, 6.07) is 4.91. The van der Waals surface area contributed by atoms with E-state index < -0.39 is 17.9 Å². The summed E-state index contributed by atoms with van der Waals surface area (Å²) < 4.78 is 15.4. The highest BCUT2D eigenvalue weighted by molar-refractivity contribution is 7.99. The van der Waals surface area contributed by atoms with Gasteiger partial charge in [0.2, 0.25) is 11.8 Å². The van der Waals surface area contributed by atoms with E-state index >= 15 is 0 Å². The van der Waals surface area contributed by atoms with Crippen LogP contribution in [0.15, 0.2) is 43.0 Å². The molecule has 2 amide bonds. The van der Waals surface area contributed by atoms with E-state index in [2.05, 4.69) is 10.3 Å². The molecule has 1 aromatic heterocycles. The number of carbonyl (C=O) groups is 2. The van der Waals surface area contributed by atoms with Gasteiger partial charge in [-0.1, -0.05) is 12.1 Å². The van der Waals surface area contributed by atoms with E-state index in [1.54, 1.807) is 42.3 Å². The summed E-state index contributed by atoms with van der Waals surface area (Å²) in [5.41, 5.74) is 0.120. The van der Waals surface area contributed by atoms with E-state index in [-0.39, 0.29) is 17.5 Å². The molecule has 1 N–H and O–H groups in total. The highest BCUT2D eigenvalue weighted by Crippen LogP contribution is 2.25. The number of aromatic nitrogens is 2. The van der Waals surface area contributed by atoms with Crippen molar-refractivity contribution in [3.05, 3.63) is 48.8 Å². The number of thioether (sulfide) groups is 1. The minimum Gasteiger partial charge on any atom is -0.325 e. The zero-order valence-corrected chi connectivity index (χ0v) is 13.9.